The van der Waals surface area contributed by atoms with Crippen molar-refractivity contribution in [3.8, 4) is 0 Å². The van der Waals surface area contributed by atoms with Crippen LogP contribution >= 0.6 is 11.6 Å². The fourth-order valence-electron chi connectivity index (χ4n) is 2.45. The molecular weight excluding hydrogens is 252 g/mol. The summed E-state index contributed by atoms with van der Waals surface area (Å²) in [5.41, 5.74) is 0.475. The molecule has 1 saturated heterocycles. The number of hydrogen-bond donors (Lipinski definition) is 0. The van der Waals surface area contributed by atoms with Crippen molar-refractivity contribution in [2.45, 2.75) is 12.8 Å². The molecule has 0 unspecified atom stereocenters. The van der Waals surface area contributed by atoms with Gasteiger partial charge < -0.3 is 14.2 Å². The number of carbonyl (C=O) groups is 1. The highest BCUT2D eigenvalue weighted by atomic mass is 35.5. The van der Waals surface area contributed by atoms with E-state index >= 15 is 0 Å². The van der Waals surface area contributed by atoms with Gasteiger partial charge >= 0.3 is 0 Å². The Hall–Kier alpha value is -1.00. The second-order valence-corrected chi connectivity index (χ2v) is 5.45. The van der Waals surface area contributed by atoms with Crippen LogP contribution in [-0.2, 0) is 0 Å². The molecule has 1 aromatic heterocycles. The van der Waals surface area contributed by atoms with Gasteiger partial charge in [-0.15, -0.1) is 0 Å². The number of rotatable bonds is 3. The minimum Gasteiger partial charge on any atom is -0.452 e. The normalized spacial score (nSPS) is 17.4. The SMILES string of the molecule is CN(C)CC1CCN(C(=O)c2ccoc2Cl)CC1. The molecule has 4 nitrogen and oxygen atoms in total. The summed E-state index contributed by atoms with van der Waals surface area (Å²) in [6, 6.07) is 1.64. The Kier molecular flexibility index (Phi) is 4.30. The van der Waals surface area contributed by atoms with Crippen molar-refractivity contribution in [2.75, 3.05) is 33.7 Å². The Morgan fingerprint density at radius 3 is 2.67 bits per heavy atom. The number of carbonyl (C=O) groups excluding carboxylic acids is 1. The molecule has 5 heteroatoms. The van der Waals surface area contributed by atoms with Gasteiger partial charge in [0.25, 0.3) is 5.91 Å². The lowest BCUT2D eigenvalue weighted by atomic mass is 9.96. The highest BCUT2D eigenvalue weighted by molar-refractivity contribution is 6.32. The molecule has 0 spiro atoms. The average molecular weight is 271 g/mol. The van der Waals surface area contributed by atoms with Crippen LogP contribution in [0.2, 0.25) is 5.22 Å². The Morgan fingerprint density at radius 1 is 1.50 bits per heavy atom. The van der Waals surface area contributed by atoms with Crippen LogP contribution in [0.15, 0.2) is 16.7 Å². The van der Waals surface area contributed by atoms with Crippen molar-refractivity contribution < 1.29 is 9.21 Å². The van der Waals surface area contributed by atoms with Crippen molar-refractivity contribution in [2.24, 2.45) is 5.92 Å². The van der Waals surface area contributed by atoms with Gasteiger partial charge in [0.05, 0.1) is 11.8 Å². The van der Waals surface area contributed by atoms with Crippen molar-refractivity contribution >= 4 is 17.5 Å². The van der Waals surface area contributed by atoms with E-state index in [4.69, 9.17) is 16.0 Å². The molecule has 2 rings (SSSR count). The quantitative estimate of drug-likeness (QED) is 0.846. The van der Waals surface area contributed by atoms with Gasteiger partial charge in [-0.05, 0) is 50.5 Å². The van der Waals surface area contributed by atoms with Gasteiger partial charge in [0.15, 0.2) is 0 Å². The molecule has 0 N–H and O–H groups in total. The van der Waals surface area contributed by atoms with Gasteiger partial charge in [0, 0.05) is 19.6 Å². The molecule has 1 fully saturated rings. The summed E-state index contributed by atoms with van der Waals surface area (Å²) in [6.07, 6.45) is 3.56. The van der Waals surface area contributed by atoms with Crippen LogP contribution in [0.3, 0.4) is 0 Å². The number of likely N-dealkylation sites (tertiary alicyclic amines) is 1. The van der Waals surface area contributed by atoms with E-state index in [1.54, 1.807) is 6.07 Å². The zero-order valence-electron chi connectivity index (χ0n) is 10.9. The van der Waals surface area contributed by atoms with Crippen molar-refractivity contribution in [1.29, 1.82) is 0 Å². The number of furan rings is 1. The molecule has 1 aliphatic rings. The summed E-state index contributed by atoms with van der Waals surface area (Å²) in [5.74, 6) is 0.668. The molecule has 1 aromatic rings. The van der Waals surface area contributed by atoms with E-state index in [-0.39, 0.29) is 11.1 Å². The molecule has 0 radical (unpaired) electrons. The van der Waals surface area contributed by atoms with Gasteiger partial charge in [-0.2, -0.15) is 0 Å². The van der Waals surface area contributed by atoms with Crippen molar-refractivity contribution in [1.82, 2.24) is 9.80 Å². The monoisotopic (exact) mass is 270 g/mol. The second-order valence-electron chi connectivity index (χ2n) is 5.11. The smallest absolute Gasteiger partial charge is 0.258 e. The number of halogens is 1. The van der Waals surface area contributed by atoms with Gasteiger partial charge in [-0.3, -0.25) is 4.79 Å². The molecule has 18 heavy (non-hydrogen) atoms. The third-order valence-corrected chi connectivity index (χ3v) is 3.67. The van der Waals surface area contributed by atoms with Crippen molar-refractivity contribution in [3.63, 3.8) is 0 Å². The Morgan fingerprint density at radius 2 is 2.17 bits per heavy atom. The average Bonchev–Trinajstić information content (AvgIpc) is 2.75. The van der Waals surface area contributed by atoms with Crippen LogP contribution in [-0.4, -0.2) is 49.4 Å². The lowest BCUT2D eigenvalue weighted by Crippen LogP contribution is -2.40. The van der Waals surface area contributed by atoms with Crippen LogP contribution in [0.5, 0.6) is 0 Å². The highest BCUT2D eigenvalue weighted by Crippen LogP contribution is 2.23. The largest absolute Gasteiger partial charge is 0.452 e. The molecule has 0 bridgehead atoms. The zero-order valence-corrected chi connectivity index (χ0v) is 11.6. The Labute approximate surface area is 112 Å². The number of hydrogen-bond acceptors (Lipinski definition) is 3. The lowest BCUT2D eigenvalue weighted by Gasteiger charge is -2.33. The summed E-state index contributed by atoms with van der Waals surface area (Å²) in [5, 5.41) is 0.190. The predicted molar refractivity (Wildman–Crippen MR) is 70.9 cm³/mol. The zero-order chi connectivity index (χ0) is 13.1. The van der Waals surface area contributed by atoms with E-state index < -0.39 is 0 Å². The third-order valence-electron chi connectivity index (χ3n) is 3.37. The van der Waals surface area contributed by atoms with Gasteiger partial charge in [-0.1, -0.05) is 0 Å². The number of amides is 1. The predicted octanol–water partition coefficient (Wildman–Crippen LogP) is 2.35. The number of piperidine rings is 1. The molecular formula is C13H19ClN2O2. The lowest BCUT2D eigenvalue weighted by molar-refractivity contribution is 0.0677. The van der Waals surface area contributed by atoms with Gasteiger partial charge in [-0.25, -0.2) is 0 Å². The van der Waals surface area contributed by atoms with E-state index in [2.05, 4.69) is 19.0 Å². The summed E-state index contributed by atoms with van der Waals surface area (Å²) in [7, 11) is 4.17. The summed E-state index contributed by atoms with van der Waals surface area (Å²) >= 11 is 5.83. The summed E-state index contributed by atoms with van der Waals surface area (Å²) < 4.78 is 4.96. The fraction of sp³-hybridized carbons (Fsp3) is 0.615. The molecule has 1 amide bonds. The Bertz CT molecular complexity index is 409. The maximum atomic E-state index is 12.2. The maximum absolute atomic E-state index is 12.2. The standard InChI is InChI=1S/C13H19ClN2O2/c1-15(2)9-10-3-6-16(7-4-10)13(17)11-5-8-18-12(11)14/h5,8,10H,3-4,6-7,9H2,1-2H3. The van der Waals surface area contributed by atoms with E-state index in [0.717, 1.165) is 32.5 Å². The van der Waals surface area contributed by atoms with E-state index in [1.165, 1.54) is 6.26 Å². The summed E-state index contributed by atoms with van der Waals surface area (Å²) in [6.45, 7) is 2.70. The third kappa shape index (κ3) is 3.06. The maximum Gasteiger partial charge on any atom is 0.258 e. The molecule has 1 aliphatic heterocycles. The first kappa shape index (κ1) is 13.4. The van der Waals surface area contributed by atoms with Crippen LogP contribution < -0.4 is 0 Å². The van der Waals surface area contributed by atoms with E-state index in [0.29, 0.717) is 11.5 Å². The first-order valence-electron chi connectivity index (χ1n) is 6.25. The minimum atomic E-state index is -0.0166. The molecule has 0 aliphatic carbocycles. The molecule has 0 saturated carbocycles. The first-order chi connectivity index (χ1) is 8.58. The van der Waals surface area contributed by atoms with Crippen LogP contribution in [0.1, 0.15) is 23.2 Å². The fourth-order valence-corrected chi connectivity index (χ4v) is 2.65. The Balaban J connectivity index is 1.90. The first-order valence-corrected chi connectivity index (χ1v) is 6.62. The molecule has 0 atom stereocenters. The van der Waals surface area contributed by atoms with Crippen LogP contribution in [0.25, 0.3) is 0 Å². The van der Waals surface area contributed by atoms with Gasteiger partial charge in [0.2, 0.25) is 5.22 Å². The second kappa shape index (κ2) is 5.76. The van der Waals surface area contributed by atoms with Gasteiger partial charge in [0.1, 0.15) is 0 Å². The molecule has 0 aromatic carbocycles. The van der Waals surface area contributed by atoms with Crippen LogP contribution in [0.4, 0.5) is 0 Å². The molecule has 100 valence electrons. The van der Waals surface area contributed by atoms with Crippen molar-refractivity contribution in [3.05, 3.63) is 23.1 Å². The summed E-state index contributed by atoms with van der Waals surface area (Å²) in [4.78, 5) is 16.2. The minimum absolute atomic E-state index is 0.0166. The molecule has 2 heterocycles. The topological polar surface area (TPSA) is 36.7 Å². The highest BCUT2D eigenvalue weighted by Gasteiger charge is 2.25. The van der Waals surface area contributed by atoms with E-state index in [9.17, 15) is 4.79 Å². The van der Waals surface area contributed by atoms with E-state index in [1.807, 2.05) is 4.90 Å². The van der Waals surface area contributed by atoms with Crippen LogP contribution in [0, 0.1) is 5.92 Å². The number of nitrogens with zero attached hydrogens (tertiary/aromatic N) is 2.